The topological polar surface area (TPSA) is 0 Å². The molecule has 0 N–H and O–H groups in total. The van der Waals surface area contributed by atoms with E-state index >= 15 is 0 Å². The van der Waals surface area contributed by atoms with E-state index in [0.717, 1.165) is 41.1 Å². The first-order valence-corrected chi connectivity index (χ1v) is 14.0. The Bertz CT molecular complexity index is 748. The summed E-state index contributed by atoms with van der Waals surface area (Å²) in [6.45, 7) is 4.76. The standard InChI is InChI=1S/C32H46/c1-3-6-26-11-19-31(20-12-26)32-23-15-28(16-24-32)8-5-4-7-27-13-21-30(22-14-27)29-17-9-25(2)10-18-29/h4,7,15-16,23-27,29-31H,3,6,9-14,17-22H2,1-2H3/t25-,26-,27-,29-,30-,31-. The SMILES string of the molecule is CCC[C@H]1CC[C@H](c2ccc(C#CC=C[C@H]3CC[C@H]([C@H]4CC[C@H](C)CC4)CC3)cc2)CC1. The van der Waals surface area contributed by atoms with Crippen LogP contribution in [0.2, 0.25) is 0 Å². The summed E-state index contributed by atoms with van der Waals surface area (Å²) in [5, 5.41) is 0. The van der Waals surface area contributed by atoms with Crippen LogP contribution in [0.4, 0.5) is 0 Å². The molecule has 32 heavy (non-hydrogen) atoms. The summed E-state index contributed by atoms with van der Waals surface area (Å²) in [6, 6.07) is 9.16. The fourth-order valence-electron chi connectivity index (χ4n) is 6.91. The Morgan fingerprint density at radius 3 is 2.03 bits per heavy atom. The minimum Gasteiger partial charge on any atom is -0.0730 e. The molecule has 0 bridgehead atoms. The molecule has 0 saturated heterocycles. The van der Waals surface area contributed by atoms with Gasteiger partial charge in [-0.2, -0.15) is 0 Å². The molecule has 4 rings (SSSR count). The lowest BCUT2D eigenvalue weighted by molar-refractivity contribution is 0.160. The number of allylic oxidation sites excluding steroid dienone is 2. The predicted octanol–water partition coefficient (Wildman–Crippen LogP) is 9.30. The van der Waals surface area contributed by atoms with E-state index in [0.29, 0.717) is 0 Å². The molecule has 3 aliphatic rings. The van der Waals surface area contributed by atoms with E-state index in [1.165, 1.54) is 95.5 Å². The van der Waals surface area contributed by atoms with Crippen molar-refractivity contribution >= 4 is 0 Å². The molecule has 174 valence electrons. The molecule has 0 heteroatoms. The van der Waals surface area contributed by atoms with Gasteiger partial charge in [0.2, 0.25) is 0 Å². The van der Waals surface area contributed by atoms with E-state index in [9.17, 15) is 0 Å². The third kappa shape index (κ3) is 6.76. The highest BCUT2D eigenvalue weighted by Gasteiger charge is 2.29. The zero-order chi connectivity index (χ0) is 22.2. The molecular weight excluding hydrogens is 384 g/mol. The van der Waals surface area contributed by atoms with Crippen molar-refractivity contribution in [2.45, 2.75) is 110 Å². The molecule has 0 unspecified atom stereocenters. The van der Waals surface area contributed by atoms with Gasteiger partial charge in [-0.05, 0) is 123 Å². The minimum atomic E-state index is 0.758. The first kappa shape index (κ1) is 23.7. The number of rotatable bonds is 5. The van der Waals surface area contributed by atoms with Crippen LogP contribution >= 0.6 is 0 Å². The molecule has 0 spiro atoms. The summed E-state index contributed by atoms with van der Waals surface area (Å²) >= 11 is 0. The summed E-state index contributed by atoms with van der Waals surface area (Å²) < 4.78 is 0. The minimum absolute atomic E-state index is 0.758. The van der Waals surface area contributed by atoms with Crippen molar-refractivity contribution in [3.05, 3.63) is 47.5 Å². The second kappa shape index (κ2) is 12.1. The molecule has 1 aromatic carbocycles. The third-order valence-corrected chi connectivity index (χ3v) is 9.14. The summed E-state index contributed by atoms with van der Waals surface area (Å²) in [7, 11) is 0. The van der Waals surface area contributed by atoms with Crippen LogP contribution in [0.1, 0.15) is 121 Å². The Morgan fingerprint density at radius 1 is 0.781 bits per heavy atom. The van der Waals surface area contributed by atoms with Gasteiger partial charge in [0.15, 0.2) is 0 Å². The summed E-state index contributed by atoms with van der Waals surface area (Å²) in [6.07, 6.45) is 24.5. The zero-order valence-corrected chi connectivity index (χ0v) is 20.8. The fraction of sp³-hybridized carbons (Fsp3) is 0.688. The number of hydrogen-bond acceptors (Lipinski definition) is 0. The first-order chi connectivity index (χ1) is 15.7. The van der Waals surface area contributed by atoms with Crippen molar-refractivity contribution in [1.82, 2.24) is 0 Å². The molecule has 0 aliphatic heterocycles. The highest BCUT2D eigenvalue weighted by molar-refractivity contribution is 5.39. The van der Waals surface area contributed by atoms with Gasteiger partial charge < -0.3 is 0 Å². The lowest BCUT2D eigenvalue weighted by atomic mass is 9.69. The Kier molecular flexibility index (Phi) is 8.96. The Balaban J connectivity index is 1.19. The van der Waals surface area contributed by atoms with Crippen molar-refractivity contribution in [3.8, 4) is 11.8 Å². The highest BCUT2D eigenvalue weighted by Crippen LogP contribution is 2.41. The van der Waals surface area contributed by atoms with E-state index in [-0.39, 0.29) is 0 Å². The van der Waals surface area contributed by atoms with E-state index in [1.807, 2.05) is 0 Å². The molecule has 0 nitrogen and oxygen atoms in total. The van der Waals surface area contributed by atoms with Crippen LogP contribution in [0.25, 0.3) is 0 Å². The van der Waals surface area contributed by atoms with Crippen LogP contribution in [0.3, 0.4) is 0 Å². The van der Waals surface area contributed by atoms with Gasteiger partial charge in [0.05, 0.1) is 0 Å². The lowest BCUT2D eigenvalue weighted by Crippen LogP contribution is -2.24. The molecule has 0 heterocycles. The Labute approximate surface area is 198 Å². The van der Waals surface area contributed by atoms with Gasteiger partial charge in [-0.25, -0.2) is 0 Å². The Morgan fingerprint density at radius 2 is 1.41 bits per heavy atom. The molecule has 3 fully saturated rings. The van der Waals surface area contributed by atoms with Crippen LogP contribution < -0.4 is 0 Å². The quantitative estimate of drug-likeness (QED) is 0.408. The molecule has 0 radical (unpaired) electrons. The average molecular weight is 431 g/mol. The summed E-state index contributed by atoms with van der Waals surface area (Å²) in [5.74, 6) is 12.2. The molecule has 0 atom stereocenters. The zero-order valence-electron chi connectivity index (χ0n) is 20.8. The van der Waals surface area contributed by atoms with Gasteiger partial charge in [0.1, 0.15) is 0 Å². The van der Waals surface area contributed by atoms with Crippen molar-refractivity contribution in [2.75, 3.05) is 0 Å². The van der Waals surface area contributed by atoms with Crippen molar-refractivity contribution < 1.29 is 0 Å². The molecule has 3 aliphatic carbocycles. The second-order valence-electron chi connectivity index (χ2n) is 11.5. The van der Waals surface area contributed by atoms with Crippen LogP contribution in [-0.2, 0) is 0 Å². The normalized spacial score (nSPS) is 33.6. The van der Waals surface area contributed by atoms with Gasteiger partial charge in [-0.3, -0.25) is 0 Å². The van der Waals surface area contributed by atoms with Gasteiger partial charge in [0, 0.05) is 5.56 Å². The van der Waals surface area contributed by atoms with Crippen LogP contribution in [0.5, 0.6) is 0 Å². The number of benzene rings is 1. The van der Waals surface area contributed by atoms with Crippen LogP contribution in [0.15, 0.2) is 36.4 Å². The molecule has 0 amide bonds. The van der Waals surface area contributed by atoms with Crippen molar-refractivity contribution in [1.29, 1.82) is 0 Å². The number of hydrogen-bond donors (Lipinski definition) is 0. The average Bonchev–Trinajstić information content (AvgIpc) is 2.84. The van der Waals surface area contributed by atoms with E-state index < -0.39 is 0 Å². The fourth-order valence-corrected chi connectivity index (χ4v) is 6.91. The third-order valence-electron chi connectivity index (χ3n) is 9.14. The van der Waals surface area contributed by atoms with E-state index in [4.69, 9.17) is 0 Å². The van der Waals surface area contributed by atoms with Crippen LogP contribution in [-0.4, -0.2) is 0 Å². The second-order valence-corrected chi connectivity index (χ2v) is 11.5. The maximum Gasteiger partial charge on any atom is 0.0249 e. The first-order valence-electron chi connectivity index (χ1n) is 14.0. The smallest absolute Gasteiger partial charge is 0.0249 e. The molecule has 3 saturated carbocycles. The summed E-state index contributed by atoms with van der Waals surface area (Å²) in [5.41, 5.74) is 2.69. The highest BCUT2D eigenvalue weighted by atomic mass is 14.3. The molecule has 1 aromatic rings. The predicted molar refractivity (Wildman–Crippen MR) is 139 cm³/mol. The Hall–Kier alpha value is -1.48. The van der Waals surface area contributed by atoms with Gasteiger partial charge in [-0.15, -0.1) is 0 Å². The van der Waals surface area contributed by atoms with E-state index in [1.54, 1.807) is 0 Å². The molecule has 0 aromatic heterocycles. The summed E-state index contributed by atoms with van der Waals surface area (Å²) in [4.78, 5) is 0. The van der Waals surface area contributed by atoms with E-state index in [2.05, 4.69) is 62.1 Å². The van der Waals surface area contributed by atoms with Crippen molar-refractivity contribution in [3.63, 3.8) is 0 Å². The van der Waals surface area contributed by atoms with Gasteiger partial charge in [-0.1, -0.05) is 69.6 Å². The molecular formula is C32H46. The van der Waals surface area contributed by atoms with Gasteiger partial charge in [0.25, 0.3) is 0 Å². The lowest BCUT2D eigenvalue weighted by Gasteiger charge is -2.36. The maximum atomic E-state index is 3.37. The van der Waals surface area contributed by atoms with Crippen LogP contribution in [0, 0.1) is 41.4 Å². The largest absolute Gasteiger partial charge is 0.0730 e. The maximum absolute atomic E-state index is 3.37. The van der Waals surface area contributed by atoms with Crippen molar-refractivity contribution in [2.24, 2.45) is 29.6 Å². The monoisotopic (exact) mass is 430 g/mol. The van der Waals surface area contributed by atoms with Gasteiger partial charge >= 0.3 is 0 Å².